The zero-order valence-corrected chi connectivity index (χ0v) is 13.7. The second kappa shape index (κ2) is 6.27. The molecule has 2 rings (SSSR count). The molecule has 1 fully saturated rings. The van der Waals surface area contributed by atoms with Gasteiger partial charge in [-0.05, 0) is 44.4 Å². The van der Waals surface area contributed by atoms with Crippen molar-refractivity contribution in [1.29, 1.82) is 0 Å². The molecule has 106 valence electrons. The molecular weight excluding hydrogens is 304 g/mol. The Kier molecular flexibility index (Phi) is 4.91. The van der Waals surface area contributed by atoms with Gasteiger partial charge in [-0.15, -0.1) is 0 Å². The molecule has 19 heavy (non-hydrogen) atoms. The maximum absolute atomic E-state index is 5.94. The van der Waals surface area contributed by atoms with Crippen molar-refractivity contribution < 1.29 is 9.47 Å². The van der Waals surface area contributed by atoms with Crippen molar-refractivity contribution in [2.75, 3.05) is 6.61 Å². The van der Waals surface area contributed by atoms with E-state index in [1.54, 1.807) is 0 Å². The summed E-state index contributed by atoms with van der Waals surface area (Å²) in [6.07, 6.45) is 0.628. The lowest BCUT2D eigenvalue weighted by molar-refractivity contribution is 0.0511. The van der Waals surface area contributed by atoms with Crippen LogP contribution in [0.3, 0.4) is 0 Å². The highest BCUT2D eigenvalue weighted by Gasteiger charge is 2.41. The SMILES string of the molecule is CCOc1ccc(C(Br)C2C(C)OC(C)C2C)cc1. The van der Waals surface area contributed by atoms with Gasteiger partial charge in [0.15, 0.2) is 0 Å². The Balaban J connectivity index is 2.12. The molecule has 1 aromatic rings. The lowest BCUT2D eigenvalue weighted by Gasteiger charge is -2.24. The summed E-state index contributed by atoms with van der Waals surface area (Å²) in [7, 11) is 0. The van der Waals surface area contributed by atoms with Gasteiger partial charge in [-0.2, -0.15) is 0 Å². The van der Waals surface area contributed by atoms with E-state index >= 15 is 0 Å². The maximum atomic E-state index is 5.94. The number of benzene rings is 1. The highest BCUT2D eigenvalue weighted by atomic mass is 79.9. The number of ether oxygens (including phenoxy) is 2. The molecule has 0 saturated carbocycles. The summed E-state index contributed by atoms with van der Waals surface area (Å²) < 4.78 is 11.4. The minimum absolute atomic E-state index is 0.293. The molecule has 0 amide bonds. The molecule has 1 aliphatic rings. The number of rotatable bonds is 4. The average Bonchev–Trinajstić information content (AvgIpc) is 2.64. The van der Waals surface area contributed by atoms with Gasteiger partial charge in [0.2, 0.25) is 0 Å². The average molecular weight is 327 g/mol. The summed E-state index contributed by atoms with van der Waals surface area (Å²) in [4.78, 5) is 0.332. The van der Waals surface area contributed by atoms with Crippen LogP contribution in [-0.2, 0) is 4.74 Å². The minimum Gasteiger partial charge on any atom is -0.494 e. The second-order valence-electron chi connectivity index (χ2n) is 5.39. The summed E-state index contributed by atoms with van der Waals surface area (Å²) >= 11 is 3.86. The third-order valence-electron chi connectivity index (χ3n) is 4.17. The van der Waals surface area contributed by atoms with Gasteiger partial charge in [-0.1, -0.05) is 35.0 Å². The number of alkyl halides is 1. The number of halogens is 1. The van der Waals surface area contributed by atoms with E-state index in [1.807, 2.05) is 19.1 Å². The van der Waals surface area contributed by atoms with Crippen molar-refractivity contribution >= 4 is 15.9 Å². The molecule has 1 saturated heterocycles. The Morgan fingerprint density at radius 2 is 1.79 bits per heavy atom. The summed E-state index contributed by atoms with van der Waals surface area (Å²) in [5.74, 6) is 2.00. The van der Waals surface area contributed by atoms with E-state index < -0.39 is 0 Å². The van der Waals surface area contributed by atoms with Crippen molar-refractivity contribution in [2.24, 2.45) is 11.8 Å². The molecule has 0 spiro atoms. The fraction of sp³-hybridized carbons (Fsp3) is 0.625. The van der Waals surface area contributed by atoms with Crippen LogP contribution >= 0.6 is 15.9 Å². The van der Waals surface area contributed by atoms with E-state index in [1.165, 1.54) is 5.56 Å². The van der Waals surface area contributed by atoms with E-state index in [4.69, 9.17) is 9.47 Å². The van der Waals surface area contributed by atoms with Crippen molar-refractivity contribution in [2.45, 2.75) is 44.7 Å². The van der Waals surface area contributed by atoms with Crippen molar-refractivity contribution in [3.63, 3.8) is 0 Å². The predicted octanol–water partition coefficient (Wildman–Crippen LogP) is 4.58. The van der Waals surface area contributed by atoms with Crippen LogP contribution in [0, 0.1) is 11.8 Å². The monoisotopic (exact) mass is 326 g/mol. The first kappa shape index (κ1) is 14.9. The van der Waals surface area contributed by atoms with Crippen LogP contribution in [0.1, 0.15) is 38.1 Å². The fourth-order valence-electron chi connectivity index (χ4n) is 2.93. The Bertz CT molecular complexity index is 404. The fourth-order valence-corrected chi connectivity index (χ4v) is 4.15. The topological polar surface area (TPSA) is 18.5 Å². The summed E-state index contributed by atoms with van der Waals surface area (Å²) in [6.45, 7) is 9.33. The van der Waals surface area contributed by atoms with Gasteiger partial charge in [0, 0.05) is 10.7 Å². The Morgan fingerprint density at radius 1 is 1.16 bits per heavy atom. The van der Waals surface area contributed by atoms with Gasteiger partial charge in [-0.3, -0.25) is 0 Å². The zero-order valence-electron chi connectivity index (χ0n) is 12.1. The molecule has 0 aliphatic carbocycles. The van der Waals surface area contributed by atoms with Crippen LogP contribution in [0.25, 0.3) is 0 Å². The predicted molar refractivity (Wildman–Crippen MR) is 81.9 cm³/mol. The van der Waals surface area contributed by atoms with Crippen molar-refractivity contribution in [1.82, 2.24) is 0 Å². The van der Waals surface area contributed by atoms with Gasteiger partial charge in [0.1, 0.15) is 5.75 Å². The largest absolute Gasteiger partial charge is 0.494 e. The molecule has 5 atom stereocenters. The third-order valence-corrected chi connectivity index (χ3v) is 5.31. The van der Waals surface area contributed by atoms with Crippen LogP contribution in [0.5, 0.6) is 5.75 Å². The summed E-state index contributed by atoms with van der Waals surface area (Å²) in [5.41, 5.74) is 1.30. The molecule has 1 aliphatic heterocycles. The van der Waals surface area contributed by atoms with Gasteiger partial charge in [0.05, 0.1) is 18.8 Å². The molecule has 5 unspecified atom stereocenters. The molecule has 2 nitrogen and oxygen atoms in total. The van der Waals surface area contributed by atoms with Gasteiger partial charge in [0.25, 0.3) is 0 Å². The smallest absolute Gasteiger partial charge is 0.119 e. The summed E-state index contributed by atoms with van der Waals surface area (Å²) in [5, 5.41) is 0. The highest BCUT2D eigenvalue weighted by molar-refractivity contribution is 9.09. The Labute approximate surface area is 124 Å². The van der Waals surface area contributed by atoms with Crippen LogP contribution in [0.2, 0.25) is 0 Å². The lowest BCUT2D eigenvalue weighted by atomic mass is 9.84. The maximum Gasteiger partial charge on any atom is 0.119 e. The van der Waals surface area contributed by atoms with E-state index in [9.17, 15) is 0 Å². The third kappa shape index (κ3) is 3.14. The Hall–Kier alpha value is -0.540. The normalized spacial score (nSPS) is 32.3. The first-order valence-electron chi connectivity index (χ1n) is 7.06. The molecule has 0 aromatic heterocycles. The van der Waals surface area contributed by atoms with Crippen LogP contribution in [-0.4, -0.2) is 18.8 Å². The van der Waals surface area contributed by atoms with Gasteiger partial charge in [-0.25, -0.2) is 0 Å². The van der Waals surface area contributed by atoms with Gasteiger partial charge >= 0.3 is 0 Å². The molecule has 0 bridgehead atoms. The van der Waals surface area contributed by atoms with Gasteiger partial charge < -0.3 is 9.47 Å². The van der Waals surface area contributed by atoms with Crippen molar-refractivity contribution in [3.05, 3.63) is 29.8 Å². The van der Waals surface area contributed by atoms with E-state index in [0.29, 0.717) is 35.5 Å². The lowest BCUT2D eigenvalue weighted by Crippen LogP contribution is -2.21. The first-order valence-corrected chi connectivity index (χ1v) is 7.98. The number of hydrogen-bond donors (Lipinski definition) is 0. The van der Waals surface area contributed by atoms with E-state index in [0.717, 1.165) is 5.75 Å². The first-order chi connectivity index (χ1) is 9.04. The quantitative estimate of drug-likeness (QED) is 0.754. The number of hydrogen-bond acceptors (Lipinski definition) is 2. The zero-order chi connectivity index (χ0) is 14.0. The van der Waals surface area contributed by atoms with Crippen molar-refractivity contribution in [3.8, 4) is 5.75 Å². The highest BCUT2D eigenvalue weighted by Crippen LogP contribution is 2.45. The Morgan fingerprint density at radius 3 is 2.26 bits per heavy atom. The molecular formula is C16H23BrO2. The molecule has 1 aromatic carbocycles. The molecule has 1 heterocycles. The van der Waals surface area contributed by atoms with Crippen LogP contribution in [0.4, 0.5) is 0 Å². The van der Waals surface area contributed by atoms with E-state index in [-0.39, 0.29) is 0 Å². The standard InChI is InChI=1S/C16H23BrO2/c1-5-18-14-8-6-13(7-9-14)16(17)15-10(2)11(3)19-12(15)4/h6-12,15-16H,5H2,1-4H3. The van der Waals surface area contributed by atoms with E-state index in [2.05, 4.69) is 48.8 Å². The second-order valence-corrected chi connectivity index (χ2v) is 6.37. The summed E-state index contributed by atoms with van der Waals surface area (Å²) in [6, 6.07) is 8.38. The minimum atomic E-state index is 0.293. The van der Waals surface area contributed by atoms with Crippen LogP contribution < -0.4 is 4.74 Å². The molecule has 0 radical (unpaired) electrons. The molecule has 3 heteroatoms. The molecule has 0 N–H and O–H groups in total. The van der Waals surface area contributed by atoms with Crippen LogP contribution in [0.15, 0.2) is 24.3 Å².